The lowest BCUT2D eigenvalue weighted by atomic mass is 10.2. The second kappa shape index (κ2) is 5.02. The van der Waals surface area contributed by atoms with Gasteiger partial charge >= 0.3 is 0 Å². The molecule has 1 nitrogen and oxygen atoms in total. The van der Waals surface area contributed by atoms with Gasteiger partial charge in [-0.15, -0.1) is 11.6 Å². The highest BCUT2D eigenvalue weighted by molar-refractivity contribution is 6.17. The normalized spacial score (nSPS) is 10.1. The van der Waals surface area contributed by atoms with Crippen molar-refractivity contribution in [3.8, 4) is 5.75 Å². The molecule has 1 rings (SSSR count). The van der Waals surface area contributed by atoms with E-state index in [9.17, 15) is 8.78 Å². The lowest BCUT2D eigenvalue weighted by Crippen LogP contribution is -2.00. The summed E-state index contributed by atoms with van der Waals surface area (Å²) in [6.07, 6.45) is 0. The van der Waals surface area contributed by atoms with Gasteiger partial charge < -0.3 is 4.74 Å². The van der Waals surface area contributed by atoms with Crippen molar-refractivity contribution in [2.45, 2.75) is 5.88 Å². The number of alkyl halides is 2. The zero-order chi connectivity index (χ0) is 9.68. The van der Waals surface area contributed by atoms with Gasteiger partial charge in [0.1, 0.15) is 13.3 Å². The Hall–Kier alpha value is -0.830. The zero-order valence-electron chi connectivity index (χ0n) is 6.90. The minimum atomic E-state index is -0.628. The van der Waals surface area contributed by atoms with Crippen LogP contribution in [-0.2, 0) is 5.88 Å². The molecule has 0 unspecified atom stereocenters. The fourth-order valence-corrected chi connectivity index (χ4v) is 1.06. The molecule has 1 aromatic carbocycles. The molecule has 0 aromatic heterocycles. The number of benzene rings is 1. The van der Waals surface area contributed by atoms with Crippen molar-refractivity contribution < 1.29 is 13.5 Å². The molecule has 0 heterocycles. The molecule has 0 aliphatic heterocycles. The minimum absolute atomic E-state index is 0.0616. The molecule has 0 aliphatic rings. The first-order chi connectivity index (χ1) is 6.27. The molecule has 0 N–H and O–H groups in total. The lowest BCUT2D eigenvalue weighted by Gasteiger charge is -2.05. The van der Waals surface area contributed by atoms with Gasteiger partial charge in [0.15, 0.2) is 11.6 Å². The predicted molar refractivity (Wildman–Crippen MR) is 47.4 cm³/mol. The van der Waals surface area contributed by atoms with Crippen LogP contribution in [0.3, 0.4) is 0 Å². The Kier molecular flexibility index (Phi) is 3.96. The third kappa shape index (κ3) is 2.84. The van der Waals surface area contributed by atoms with Crippen molar-refractivity contribution in [1.82, 2.24) is 0 Å². The summed E-state index contributed by atoms with van der Waals surface area (Å²) >= 11 is 5.49. The summed E-state index contributed by atoms with van der Waals surface area (Å²) in [6, 6.07) is 4.37. The van der Waals surface area contributed by atoms with Gasteiger partial charge in [-0.3, -0.25) is 0 Å². The quantitative estimate of drug-likeness (QED) is 0.689. The molecule has 0 radical (unpaired) electrons. The summed E-state index contributed by atoms with van der Waals surface area (Å²) in [5.74, 6) is -0.196. The summed E-state index contributed by atoms with van der Waals surface area (Å²) in [5.41, 5.74) is 0.673. The zero-order valence-corrected chi connectivity index (χ0v) is 7.65. The van der Waals surface area contributed by atoms with Gasteiger partial charge in [-0.25, -0.2) is 8.78 Å². The van der Waals surface area contributed by atoms with E-state index in [1.165, 1.54) is 12.1 Å². The molecule has 72 valence electrons. The maximum Gasteiger partial charge on any atom is 0.165 e. The lowest BCUT2D eigenvalue weighted by molar-refractivity contribution is 0.262. The highest BCUT2D eigenvalue weighted by Crippen LogP contribution is 2.19. The van der Waals surface area contributed by atoms with Gasteiger partial charge in [-0.05, 0) is 17.7 Å². The van der Waals surface area contributed by atoms with Crippen molar-refractivity contribution in [2.24, 2.45) is 0 Å². The van der Waals surface area contributed by atoms with Gasteiger partial charge in [0.05, 0.1) is 0 Å². The van der Waals surface area contributed by atoms with E-state index in [0.717, 1.165) is 0 Å². The van der Waals surface area contributed by atoms with Crippen LogP contribution < -0.4 is 4.74 Å². The molecule has 0 amide bonds. The van der Waals surface area contributed by atoms with Crippen LogP contribution in [0.1, 0.15) is 5.56 Å². The average molecular weight is 207 g/mol. The molecule has 4 heteroatoms. The number of hydrogen-bond donors (Lipinski definition) is 0. The van der Waals surface area contributed by atoms with Crippen LogP contribution >= 0.6 is 11.6 Å². The Morgan fingerprint density at radius 3 is 2.69 bits per heavy atom. The Morgan fingerprint density at radius 2 is 2.15 bits per heavy atom. The Balaban J connectivity index is 2.73. The van der Waals surface area contributed by atoms with Crippen LogP contribution in [0.4, 0.5) is 8.78 Å². The molecule has 0 bridgehead atoms. The second-order valence-corrected chi connectivity index (χ2v) is 2.70. The van der Waals surface area contributed by atoms with E-state index in [0.29, 0.717) is 5.56 Å². The van der Waals surface area contributed by atoms with Crippen molar-refractivity contribution in [1.29, 1.82) is 0 Å². The van der Waals surface area contributed by atoms with Gasteiger partial charge in [0.2, 0.25) is 0 Å². The molecular formula is C9H9ClF2O. The largest absolute Gasteiger partial charge is 0.488 e. The number of hydrogen-bond acceptors (Lipinski definition) is 1. The average Bonchev–Trinajstić information content (AvgIpc) is 2.16. The fraction of sp³-hybridized carbons (Fsp3) is 0.333. The molecule has 0 fully saturated rings. The monoisotopic (exact) mass is 206 g/mol. The Labute approximate surface area is 80.3 Å². The maximum atomic E-state index is 13.1. The number of rotatable bonds is 4. The van der Waals surface area contributed by atoms with Crippen LogP contribution in [-0.4, -0.2) is 13.3 Å². The van der Waals surface area contributed by atoms with Gasteiger partial charge in [0, 0.05) is 5.88 Å². The van der Waals surface area contributed by atoms with Crippen LogP contribution in [0.25, 0.3) is 0 Å². The van der Waals surface area contributed by atoms with E-state index in [2.05, 4.69) is 0 Å². The number of ether oxygens (including phenoxy) is 1. The van der Waals surface area contributed by atoms with E-state index in [1.807, 2.05) is 0 Å². The second-order valence-electron chi connectivity index (χ2n) is 2.44. The first kappa shape index (κ1) is 10.3. The van der Waals surface area contributed by atoms with Gasteiger partial charge in [-0.2, -0.15) is 0 Å². The molecule has 0 saturated heterocycles. The molecule has 0 spiro atoms. The van der Waals surface area contributed by atoms with Crippen LogP contribution in [0.15, 0.2) is 18.2 Å². The molecule has 13 heavy (non-hydrogen) atoms. The molecule has 0 aliphatic carbocycles. The van der Waals surface area contributed by atoms with Gasteiger partial charge in [0.25, 0.3) is 0 Å². The van der Waals surface area contributed by atoms with E-state index in [1.54, 1.807) is 6.07 Å². The summed E-state index contributed by atoms with van der Waals surface area (Å²) in [7, 11) is 0. The molecule has 1 aromatic rings. The van der Waals surface area contributed by atoms with Crippen molar-refractivity contribution >= 4 is 11.6 Å². The van der Waals surface area contributed by atoms with E-state index < -0.39 is 12.5 Å². The molecular weight excluding hydrogens is 198 g/mol. The highest BCUT2D eigenvalue weighted by atomic mass is 35.5. The third-order valence-corrected chi connectivity index (χ3v) is 1.79. The highest BCUT2D eigenvalue weighted by Gasteiger charge is 2.03. The smallest absolute Gasteiger partial charge is 0.165 e. The molecule has 0 saturated carbocycles. The number of halogens is 3. The SMILES string of the molecule is FCCOc1ccc(CCl)cc1F. The maximum absolute atomic E-state index is 13.1. The summed E-state index contributed by atoms with van der Waals surface area (Å²) in [5, 5.41) is 0. The van der Waals surface area contributed by atoms with E-state index in [-0.39, 0.29) is 18.2 Å². The Bertz CT molecular complexity index is 278. The first-order valence-corrected chi connectivity index (χ1v) is 4.34. The van der Waals surface area contributed by atoms with E-state index >= 15 is 0 Å². The fourth-order valence-electron chi connectivity index (χ4n) is 0.893. The third-order valence-electron chi connectivity index (χ3n) is 1.49. The van der Waals surface area contributed by atoms with Crippen molar-refractivity contribution in [3.63, 3.8) is 0 Å². The molecule has 0 atom stereocenters. The van der Waals surface area contributed by atoms with Crippen molar-refractivity contribution in [2.75, 3.05) is 13.3 Å². The summed E-state index contributed by atoms with van der Waals surface area (Å²) < 4.78 is 29.5. The Morgan fingerprint density at radius 1 is 1.38 bits per heavy atom. The van der Waals surface area contributed by atoms with Crippen LogP contribution in [0, 0.1) is 5.82 Å². The van der Waals surface area contributed by atoms with E-state index in [4.69, 9.17) is 16.3 Å². The minimum Gasteiger partial charge on any atom is -0.488 e. The first-order valence-electron chi connectivity index (χ1n) is 3.81. The topological polar surface area (TPSA) is 9.23 Å². The summed E-state index contributed by atoms with van der Waals surface area (Å²) in [6.45, 7) is -0.756. The predicted octanol–water partition coefficient (Wildman–Crippen LogP) is 2.91. The van der Waals surface area contributed by atoms with Crippen LogP contribution in [0.5, 0.6) is 5.75 Å². The standard InChI is InChI=1S/C9H9ClF2O/c10-6-7-1-2-9(8(12)5-7)13-4-3-11/h1-2,5H,3-4,6H2. The van der Waals surface area contributed by atoms with Crippen LogP contribution in [0.2, 0.25) is 0 Å². The van der Waals surface area contributed by atoms with Crippen molar-refractivity contribution in [3.05, 3.63) is 29.6 Å². The summed E-state index contributed by atoms with van der Waals surface area (Å²) in [4.78, 5) is 0. The van der Waals surface area contributed by atoms with Gasteiger partial charge in [-0.1, -0.05) is 6.07 Å².